The van der Waals surface area contributed by atoms with E-state index < -0.39 is 0 Å². The van der Waals surface area contributed by atoms with Crippen molar-refractivity contribution in [2.75, 3.05) is 19.1 Å². The van der Waals surface area contributed by atoms with Crippen LogP contribution < -0.4 is 14.4 Å². The number of thiazole rings is 1. The molecule has 1 heterocycles. The van der Waals surface area contributed by atoms with Gasteiger partial charge in [-0.25, -0.2) is 4.98 Å². The van der Waals surface area contributed by atoms with Crippen molar-refractivity contribution in [3.63, 3.8) is 0 Å². The Balaban J connectivity index is 1.86. The molecule has 0 spiro atoms. The van der Waals surface area contributed by atoms with Crippen LogP contribution in [0.25, 0.3) is 11.3 Å². The van der Waals surface area contributed by atoms with Gasteiger partial charge in [-0.05, 0) is 43.9 Å². The number of anilines is 1. The lowest BCUT2D eigenvalue weighted by molar-refractivity contribution is -0.116. The summed E-state index contributed by atoms with van der Waals surface area (Å²) >= 11 is 1.45. The molecule has 1 saturated carbocycles. The highest BCUT2D eigenvalue weighted by Crippen LogP contribution is 2.36. The van der Waals surface area contributed by atoms with E-state index in [2.05, 4.69) is 4.98 Å². The van der Waals surface area contributed by atoms with E-state index in [0.29, 0.717) is 5.13 Å². The molecule has 0 radical (unpaired) electrons. The second kappa shape index (κ2) is 7.21. The summed E-state index contributed by atoms with van der Waals surface area (Å²) in [6, 6.07) is 5.85. The number of carbonyl (C=O) groups is 1. The first-order valence-electron chi connectivity index (χ1n) is 8.13. The summed E-state index contributed by atoms with van der Waals surface area (Å²) in [4.78, 5) is 17.6. The number of hydrogen-bond donors (Lipinski definition) is 0. The Morgan fingerprint density at radius 3 is 2.71 bits per heavy atom. The van der Waals surface area contributed by atoms with Gasteiger partial charge in [0.05, 0.1) is 18.9 Å². The summed E-state index contributed by atoms with van der Waals surface area (Å²) in [7, 11) is 3.38. The van der Waals surface area contributed by atoms with Crippen LogP contribution in [0.5, 0.6) is 11.5 Å². The van der Waals surface area contributed by atoms with Crippen molar-refractivity contribution >= 4 is 22.4 Å². The van der Waals surface area contributed by atoms with E-state index in [9.17, 15) is 4.79 Å². The van der Waals surface area contributed by atoms with Crippen LogP contribution in [0.2, 0.25) is 0 Å². The molecule has 128 valence electrons. The van der Waals surface area contributed by atoms with Gasteiger partial charge in [0.15, 0.2) is 16.6 Å². The molecule has 1 aliphatic carbocycles. The van der Waals surface area contributed by atoms with E-state index in [1.807, 2.05) is 23.6 Å². The Morgan fingerprint density at radius 2 is 2.04 bits per heavy atom. The zero-order valence-electron chi connectivity index (χ0n) is 14.2. The Bertz CT molecular complexity index is 723. The van der Waals surface area contributed by atoms with Crippen LogP contribution in [0.4, 0.5) is 5.13 Å². The molecule has 0 atom stereocenters. The summed E-state index contributed by atoms with van der Waals surface area (Å²) in [5.41, 5.74) is 1.80. The fraction of sp³-hybridized carbons (Fsp3) is 0.444. The average molecular weight is 346 g/mol. The zero-order chi connectivity index (χ0) is 17.1. The lowest BCUT2D eigenvalue weighted by Gasteiger charge is -2.16. The van der Waals surface area contributed by atoms with Gasteiger partial charge in [0.25, 0.3) is 0 Å². The van der Waals surface area contributed by atoms with E-state index in [4.69, 9.17) is 9.47 Å². The number of ether oxygens (including phenoxy) is 2. The van der Waals surface area contributed by atoms with Crippen molar-refractivity contribution in [3.05, 3.63) is 23.6 Å². The minimum atomic E-state index is -0.0316. The highest BCUT2D eigenvalue weighted by molar-refractivity contribution is 7.14. The first-order chi connectivity index (χ1) is 11.6. The summed E-state index contributed by atoms with van der Waals surface area (Å²) in [5, 5.41) is 2.64. The maximum atomic E-state index is 11.5. The van der Waals surface area contributed by atoms with Crippen LogP contribution in [0, 0.1) is 0 Å². The van der Waals surface area contributed by atoms with Crippen LogP contribution in [0.15, 0.2) is 23.6 Å². The van der Waals surface area contributed by atoms with E-state index in [-0.39, 0.29) is 12.0 Å². The Labute approximate surface area is 146 Å². The average Bonchev–Trinajstić information content (AvgIpc) is 3.25. The van der Waals surface area contributed by atoms with Crippen LogP contribution in [-0.2, 0) is 4.79 Å². The summed E-state index contributed by atoms with van der Waals surface area (Å²) in [6.45, 7) is 1.53. The van der Waals surface area contributed by atoms with Gasteiger partial charge >= 0.3 is 0 Å². The number of methoxy groups -OCH3 is 1. The molecule has 0 aliphatic heterocycles. The predicted molar refractivity (Wildman–Crippen MR) is 96.1 cm³/mol. The zero-order valence-corrected chi connectivity index (χ0v) is 15.1. The number of aromatic nitrogens is 1. The number of hydrogen-bond acceptors (Lipinski definition) is 5. The van der Waals surface area contributed by atoms with Gasteiger partial charge in [0.1, 0.15) is 0 Å². The molecule has 1 aliphatic rings. The molecule has 1 amide bonds. The maximum absolute atomic E-state index is 11.5. The van der Waals surface area contributed by atoms with Crippen molar-refractivity contribution < 1.29 is 14.3 Å². The lowest BCUT2D eigenvalue weighted by atomic mass is 10.1. The number of nitrogens with zero attached hydrogens (tertiary/aromatic N) is 2. The van der Waals surface area contributed by atoms with Crippen molar-refractivity contribution in [1.29, 1.82) is 0 Å². The molecule has 5 nitrogen and oxygen atoms in total. The molecule has 0 unspecified atom stereocenters. The standard InChI is InChI=1S/C18H22N2O3S/c1-12(21)20(2)18-19-15(11-24-18)13-8-9-16(22-3)17(10-13)23-14-6-4-5-7-14/h8-11,14H,4-7H2,1-3H3. The largest absolute Gasteiger partial charge is 0.493 e. The third-order valence-corrected chi connectivity index (χ3v) is 5.22. The number of rotatable bonds is 5. The van der Waals surface area contributed by atoms with E-state index >= 15 is 0 Å². The highest BCUT2D eigenvalue weighted by atomic mass is 32.1. The Hall–Kier alpha value is -2.08. The van der Waals surface area contributed by atoms with Crippen molar-refractivity contribution in [3.8, 4) is 22.8 Å². The summed E-state index contributed by atoms with van der Waals surface area (Å²) < 4.78 is 11.6. The highest BCUT2D eigenvalue weighted by Gasteiger charge is 2.19. The smallest absolute Gasteiger partial charge is 0.225 e. The topological polar surface area (TPSA) is 51.7 Å². The number of amides is 1. The fourth-order valence-electron chi connectivity index (χ4n) is 2.80. The van der Waals surface area contributed by atoms with E-state index in [1.165, 1.54) is 31.1 Å². The first-order valence-corrected chi connectivity index (χ1v) is 9.01. The lowest BCUT2D eigenvalue weighted by Crippen LogP contribution is -2.22. The van der Waals surface area contributed by atoms with Gasteiger partial charge in [0, 0.05) is 24.9 Å². The van der Waals surface area contributed by atoms with Gasteiger partial charge in [0.2, 0.25) is 5.91 Å². The Kier molecular flexibility index (Phi) is 5.04. The third-order valence-electron chi connectivity index (χ3n) is 4.31. The second-order valence-corrected chi connectivity index (χ2v) is 6.82. The molecular formula is C18H22N2O3S. The van der Waals surface area contributed by atoms with Gasteiger partial charge < -0.3 is 9.47 Å². The second-order valence-electron chi connectivity index (χ2n) is 5.98. The van der Waals surface area contributed by atoms with Crippen molar-refractivity contribution in [2.45, 2.75) is 38.7 Å². The maximum Gasteiger partial charge on any atom is 0.225 e. The predicted octanol–water partition coefficient (Wildman–Crippen LogP) is 4.12. The first kappa shape index (κ1) is 16.8. The SMILES string of the molecule is COc1ccc(-c2csc(N(C)C(C)=O)n2)cc1OC1CCCC1. The van der Waals surface area contributed by atoms with E-state index in [0.717, 1.165) is 35.6 Å². The molecular weight excluding hydrogens is 324 g/mol. The molecule has 6 heteroatoms. The fourth-order valence-corrected chi connectivity index (χ4v) is 3.64. The van der Waals surface area contributed by atoms with E-state index in [1.54, 1.807) is 19.1 Å². The number of carbonyl (C=O) groups excluding carboxylic acids is 1. The summed E-state index contributed by atoms with van der Waals surface area (Å²) in [6.07, 6.45) is 4.90. The molecule has 1 aromatic carbocycles. The molecule has 3 rings (SSSR count). The van der Waals surface area contributed by atoms with Crippen LogP contribution in [-0.4, -0.2) is 31.2 Å². The molecule has 24 heavy (non-hydrogen) atoms. The molecule has 0 bridgehead atoms. The quantitative estimate of drug-likeness (QED) is 0.817. The van der Waals surface area contributed by atoms with Crippen LogP contribution >= 0.6 is 11.3 Å². The van der Waals surface area contributed by atoms with Gasteiger partial charge in [-0.1, -0.05) is 0 Å². The van der Waals surface area contributed by atoms with Crippen LogP contribution in [0.1, 0.15) is 32.6 Å². The molecule has 1 fully saturated rings. The minimum Gasteiger partial charge on any atom is -0.493 e. The normalized spacial score (nSPS) is 14.6. The molecule has 0 saturated heterocycles. The summed E-state index contributed by atoms with van der Waals surface area (Å²) in [5.74, 6) is 1.47. The third kappa shape index (κ3) is 3.53. The monoisotopic (exact) mass is 346 g/mol. The van der Waals surface area contributed by atoms with Gasteiger partial charge in [-0.15, -0.1) is 11.3 Å². The van der Waals surface area contributed by atoms with Crippen molar-refractivity contribution in [1.82, 2.24) is 4.98 Å². The van der Waals surface area contributed by atoms with Crippen LogP contribution in [0.3, 0.4) is 0 Å². The minimum absolute atomic E-state index is 0.0316. The van der Waals surface area contributed by atoms with Gasteiger partial charge in [-0.3, -0.25) is 9.69 Å². The van der Waals surface area contributed by atoms with Crippen molar-refractivity contribution in [2.24, 2.45) is 0 Å². The Morgan fingerprint density at radius 1 is 1.29 bits per heavy atom. The molecule has 1 aromatic heterocycles. The molecule has 0 N–H and O–H groups in total. The number of benzene rings is 1. The molecule has 2 aromatic rings. The van der Waals surface area contributed by atoms with Gasteiger partial charge in [-0.2, -0.15) is 0 Å².